The Morgan fingerprint density at radius 1 is 1.24 bits per heavy atom. The van der Waals surface area contributed by atoms with Crippen molar-refractivity contribution in [3.05, 3.63) is 52.1 Å². The number of rotatable bonds is 4. The maximum Gasteiger partial charge on any atom is 0.315 e. The summed E-state index contributed by atoms with van der Waals surface area (Å²) in [5.41, 5.74) is 0.230. The SMILES string of the molecule is COc1cc(C=Nc2ccc(O)cc2)c(O)c([N+](=O)[O-])c1. The lowest BCUT2D eigenvalue weighted by molar-refractivity contribution is -0.385. The van der Waals surface area contributed by atoms with Gasteiger partial charge in [-0.05, 0) is 30.3 Å². The summed E-state index contributed by atoms with van der Waals surface area (Å²) in [4.78, 5) is 14.3. The molecule has 2 aromatic rings. The molecule has 0 aliphatic carbocycles. The molecule has 0 unspecified atom stereocenters. The topological polar surface area (TPSA) is 105 Å². The zero-order valence-corrected chi connectivity index (χ0v) is 11.1. The van der Waals surface area contributed by atoms with Crippen LogP contribution in [-0.2, 0) is 0 Å². The van der Waals surface area contributed by atoms with Gasteiger partial charge < -0.3 is 14.9 Å². The van der Waals surface area contributed by atoms with Crippen molar-refractivity contribution in [2.75, 3.05) is 7.11 Å². The van der Waals surface area contributed by atoms with Crippen LogP contribution >= 0.6 is 0 Å². The Morgan fingerprint density at radius 3 is 2.48 bits per heavy atom. The number of phenolic OH excluding ortho intramolecular Hbond substituents is 2. The van der Waals surface area contributed by atoms with E-state index >= 15 is 0 Å². The van der Waals surface area contributed by atoms with Crippen molar-refractivity contribution in [3.8, 4) is 17.2 Å². The Bertz CT molecular complexity index is 695. The highest BCUT2D eigenvalue weighted by atomic mass is 16.6. The molecule has 0 spiro atoms. The first-order valence-corrected chi connectivity index (χ1v) is 5.89. The number of aromatic hydroxyl groups is 2. The molecule has 0 bridgehead atoms. The number of benzene rings is 2. The van der Waals surface area contributed by atoms with Crippen molar-refractivity contribution in [1.29, 1.82) is 0 Å². The second kappa shape index (κ2) is 5.91. The Balaban J connectivity index is 2.41. The van der Waals surface area contributed by atoms with Gasteiger partial charge in [0.2, 0.25) is 5.75 Å². The molecule has 0 saturated carbocycles. The summed E-state index contributed by atoms with van der Waals surface area (Å²) in [7, 11) is 1.37. The molecule has 0 amide bonds. The average molecular weight is 288 g/mol. The van der Waals surface area contributed by atoms with Crippen LogP contribution in [0.25, 0.3) is 0 Å². The van der Waals surface area contributed by atoms with Crippen LogP contribution in [0.1, 0.15) is 5.56 Å². The number of nitro groups is 1. The van der Waals surface area contributed by atoms with Crippen LogP contribution in [0.15, 0.2) is 41.4 Å². The van der Waals surface area contributed by atoms with E-state index in [0.29, 0.717) is 5.69 Å². The maximum atomic E-state index is 10.9. The normalized spacial score (nSPS) is 10.7. The predicted molar refractivity (Wildman–Crippen MR) is 76.7 cm³/mol. The zero-order chi connectivity index (χ0) is 15.4. The van der Waals surface area contributed by atoms with Crippen LogP contribution in [0.2, 0.25) is 0 Å². The van der Waals surface area contributed by atoms with E-state index in [1.165, 1.54) is 31.5 Å². The Labute approximate surface area is 119 Å². The van der Waals surface area contributed by atoms with Crippen molar-refractivity contribution < 1.29 is 19.9 Å². The highest BCUT2D eigenvalue weighted by Gasteiger charge is 2.18. The third kappa shape index (κ3) is 3.27. The molecule has 7 nitrogen and oxygen atoms in total. The summed E-state index contributed by atoms with van der Waals surface area (Å²) in [6.07, 6.45) is 1.29. The van der Waals surface area contributed by atoms with E-state index < -0.39 is 16.4 Å². The van der Waals surface area contributed by atoms with Crippen LogP contribution in [0, 0.1) is 10.1 Å². The van der Waals surface area contributed by atoms with Crippen LogP contribution in [0.4, 0.5) is 11.4 Å². The smallest absolute Gasteiger partial charge is 0.315 e. The van der Waals surface area contributed by atoms with Gasteiger partial charge in [-0.15, -0.1) is 0 Å². The van der Waals surface area contributed by atoms with E-state index in [9.17, 15) is 15.2 Å². The van der Waals surface area contributed by atoms with Crippen LogP contribution in [0.5, 0.6) is 17.2 Å². The predicted octanol–water partition coefficient (Wildman–Crippen LogP) is 2.77. The molecule has 0 heterocycles. The molecule has 0 saturated heterocycles. The van der Waals surface area contributed by atoms with E-state index in [1.807, 2.05) is 0 Å². The molecule has 108 valence electrons. The van der Waals surface area contributed by atoms with E-state index in [-0.39, 0.29) is 17.1 Å². The molecular weight excluding hydrogens is 276 g/mol. The third-order valence-corrected chi connectivity index (χ3v) is 2.73. The maximum absolute atomic E-state index is 10.9. The van der Waals surface area contributed by atoms with Gasteiger partial charge in [0.15, 0.2) is 0 Å². The number of hydrogen-bond acceptors (Lipinski definition) is 6. The molecule has 2 rings (SSSR count). The van der Waals surface area contributed by atoms with Gasteiger partial charge in [-0.3, -0.25) is 15.1 Å². The number of aliphatic imine (C=N–C) groups is 1. The molecular formula is C14H12N2O5. The fourth-order valence-corrected chi connectivity index (χ4v) is 1.65. The standard InChI is InChI=1S/C14H12N2O5/c1-21-12-6-9(14(18)13(7-12)16(19)20)8-15-10-2-4-11(17)5-3-10/h2-8,17-18H,1H3. The third-order valence-electron chi connectivity index (χ3n) is 2.73. The molecule has 21 heavy (non-hydrogen) atoms. The van der Waals surface area contributed by atoms with E-state index in [2.05, 4.69) is 4.99 Å². The first-order valence-electron chi connectivity index (χ1n) is 5.89. The van der Waals surface area contributed by atoms with Gasteiger partial charge in [0, 0.05) is 11.8 Å². The number of nitro benzene ring substituents is 1. The molecule has 0 aromatic heterocycles. The van der Waals surface area contributed by atoms with Crippen LogP contribution in [-0.4, -0.2) is 28.5 Å². The minimum absolute atomic E-state index is 0.105. The molecule has 2 N–H and O–H groups in total. The number of phenols is 2. The molecule has 0 atom stereocenters. The van der Waals surface area contributed by atoms with Gasteiger partial charge >= 0.3 is 5.69 Å². The van der Waals surface area contributed by atoms with Crippen LogP contribution in [0.3, 0.4) is 0 Å². The first-order chi connectivity index (χ1) is 10.0. The summed E-state index contributed by atoms with van der Waals surface area (Å²) >= 11 is 0. The summed E-state index contributed by atoms with van der Waals surface area (Å²) in [5, 5.41) is 29.9. The zero-order valence-electron chi connectivity index (χ0n) is 11.1. The van der Waals surface area contributed by atoms with E-state index in [4.69, 9.17) is 9.84 Å². The van der Waals surface area contributed by atoms with Gasteiger partial charge in [0.25, 0.3) is 0 Å². The average Bonchev–Trinajstić information content (AvgIpc) is 2.47. The fourth-order valence-electron chi connectivity index (χ4n) is 1.65. The minimum atomic E-state index is -0.699. The van der Waals surface area contributed by atoms with Crippen LogP contribution < -0.4 is 4.74 Å². The van der Waals surface area contributed by atoms with E-state index in [1.54, 1.807) is 12.1 Å². The highest BCUT2D eigenvalue weighted by molar-refractivity contribution is 5.88. The quantitative estimate of drug-likeness (QED) is 0.511. The Kier molecular flexibility index (Phi) is 4.03. The van der Waals surface area contributed by atoms with Crippen molar-refractivity contribution in [2.45, 2.75) is 0 Å². The number of methoxy groups -OCH3 is 1. The van der Waals surface area contributed by atoms with Gasteiger partial charge in [0.05, 0.1) is 23.8 Å². The Hall–Kier alpha value is -3.09. The summed E-state index contributed by atoms with van der Waals surface area (Å²) in [6, 6.07) is 8.62. The largest absolute Gasteiger partial charge is 0.508 e. The molecule has 7 heteroatoms. The molecule has 0 fully saturated rings. The van der Waals surface area contributed by atoms with Gasteiger partial charge in [-0.2, -0.15) is 0 Å². The van der Waals surface area contributed by atoms with Crippen molar-refractivity contribution >= 4 is 17.6 Å². The summed E-state index contributed by atoms with van der Waals surface area (Å²) in [5.74, 6) is -0.135. The molecule has 2 aromatic carbocycles. The summed E-state index contributed by atoms with van der Waals surface area (Å²) in [6.45, 7) is 0. The number of ether oxygens (including phenoxy) is 1. The van der Waals surface area contributed by atoms with Gasteiger partial charge in [-0.25, -0.2) is 0 Å². The lowest BCUT2D eigenvalue weighted by Gasteiger charge is -2.04. The molecule has 0 aliphatic heterocycles. The Morgan fingerprint density at radius 2 is 1.90 bits per heavy atom. The second-order valence-corrected chi connectivity index (χ2v) is 4.12. The lowest BCUT2D eigenvalue weighted by Crippen LogP contribution is -1.94. The molecule has 0 aliphatic rings. The lowest BCUT2D eigenvalue weighted by atomic mass is 10.1. The monoisotopic (exact) mass is 288 g/mol. The molecule has 0 radical (unpaired) electrons. The van der Waals surface area contributed by atoms with Gasteiger partial charge in [-0.1, -0.05) is 0 Å². The van der Waals surface area contributed by atoms with Crippen molar-refractivity contribution in [3.63, 3.8) is 0 Å². The second-order valence-electron chi connectivity index (χ2n) is 4.12. The number of nitrogens with zero attached hydrogens (tertiary/aromatic N) is 2. The fraction of sp³-hybridized carbons (Fsp3) is 0.0714. The van der Waals surface area contributed by atoms with Crippen molar-refractivity contribution in [1.82, 2.24) is 0 Å². The minimum Gasteiger partial charge on any atom is -0.508 e. The summed E-state index contributed by atoms with van der Waals surface area (Å²) < 4.78 is 4.96. The highest BCUT2D eigenvalue weighted by Crippen LogP contribution is 2.33. The number of hydrogen-bond donors (Lipinski definition) is 2. The van der Waals surface area contributed by atoms with Crippen molar-refractivity contribution in [2.24, 2.45) is 4.99 Å². The first kappa shape index (κ1) is 14.3. The van der Waals surface area contributed by atoms with Gasteiger partial charge in [0.1, 0.15) is 11.5 Å². The van der Waals surface area contributed by atoms with E-state index in [0.717, 1.165) is 6.07 Å².